The van der Waals surface area contributed by atoms with Gasteiger partial charge in [-0.05, 0) is 48.1 Å². The van der Waals surface area contributed by atoms with Crippen LogP contribution in [0, 0.1) is 5.92 Å². The number of aromatic nitrogens is 2. The van der Waals surface area contributed by atoms with Crippen molar-refractivity contribution in [2.75, 3.05) is 11.4 Å². The number of anilines is 1. The van der Waals surface area contributed by atoms with Crippen molar-refractivity contribution in [3.63, 3.8) is 0 Å². The molecule has 1 aliphatic heterocycles. The lowest BCUT2D eigenvalue weighted by molar-refractivity contribution is -0.137. The van der Waals surface area contributed by atoms with E-state index in [9.17, 15) is 18.0 Å². The smallest absolute Gasteiger partial charge is 0.361 e. The normalized spacial score (nSPS) is 18.6. The summed E-state index contributed by atoms with van der Waals surface area (Å²) in [7, 11) is 0. The molecule has 0 saturated heterocycles. The zero-order valence-corrected chi connectivity index (χ0v) is 20.9. The number of halogens is 3. The summed E-state index contributed by atoms with van der Waals surface area (Å²) in [6.07, 6.45) is 6.49. The van der Waals surface area contributed by atoms with Crippen molar-refractivity contribution in [1.29, 1.82) is 0 Å². The van der Waals surface area contributed by atoms with E-state index in [-0.39, 0.29) is 18.4 Å². The number of rotatable bonds is 7. The molecule has 0 bridgehead atoms. The standard InChI is InChI=1S/C29H33F3N4O/c30-29(31,32)24-12-9-22(10-13-24)15-28(37)35-17-23-7-3-4-8-27(23)36(18-25-16-33-20-34-25)26(19-35)14-11-21-5-1-2-6-21/h3-4,7-10,12-13,16,20-21,26H,1-2,5-6,11,14-15,17-19H2,(H,33,34). The third-order valence-corrected chi connectivity index (χ3v) is 7.80. The molecule has 0 spiro atoms. The molecule has 1 N–H and O–H groups in total. The van der Waals surface area contributed by atoms with E-state index in [1.807, 2.05) is 23.2 Å². The molecule has 1 aromatic heterocycles. The van der Waals surface area contributed by atoms with Crippen molar-refractivity contribution in [3.8, 4) is 0 Å². The summed E-state index contributed by atoms with van der Waals surface area (Å²) in [6, 6.07) is 13.3. The first-order valence-corrected chi connectivity index (χ1v) is 13.1. The molecular weight excluding hydrogens is 477 g/mol. The number of amides is 1. The molecule has 37 heavy (non-hydrogen) atoms. The van der Waals surface area contributed by atoms with Crippen LogP contribution in [-0.4, -0.2) is 33.4 Å². The highest BCUT2D eigenvalue weighted by Gasteiger charge is 2.32. The number of nitrogens with one attached hydrogen (secondary N) is 1. The van der Waals surface area contributed by atoms with Crippen LogP contribution in [0.5, 0.6) is 0 Å². The van der Waals surface area contributed by atoms with Crippen LogP contribution in [0.4, 0.5) is 18.9 Å². The van der Waals surface area contributed by atoms with Crippen molar-refractivity contribution in [2.24, 2.45) is 5.92 Å². The maximum absolute atomic E-state index is 13.5. The van der Waals surface area contributed by atoms with Gasteiger partial charge in [0.05, 0.1) is 30.6 Å². The molecular formula is C29H33F3N4O. The summed E-state index contributed by atoms with van der Waals surface area (Å²) in [4.78, 5) is 25.2. The van der Waals surface area contributed by atoms with Crippen LogP contribution >= 0.6 is 0 Å². The molecule has 196 valence electrons. The van der Waals surface area contributed by atoms with E-state index in [0.717, 1.165) is 47.8 Å². The van der Waals surface area contributed by atoms with Gasteiger partial charge in [0.15, 0.2) is 0 Å². The van der Waals surface area contributed by atoms with E-state index < -0.39 is 11.7 Å². The predicted molar refractivity (Wildman–Crippen MR) is 137 cm³/mol. The fourth-order valence-electron chi connectivity index (χ4n) is 5.78. The average molecular weight is 511 g/mol. The van der Waals surface area contributed by atoms with Crippen LogP contribution in [0.2, 0.25) is 0 Å². The summed E-state index contributed by atoms with van der Waals surface area (Å²) < 4.78 is 38.9. The lowest BCUT2D eigenvalue weighted by Crippen LogP contribution is -2.44. The first kappa shape index (κ1) is 25.4. The molecule has 5 nitrogen and oxygen atoms in total. The quantitative estimate of drug-likeness (QED) is 0.403. The maximum Gasteiger partial charge on any atom is 0.416 e. The van der Waals surface area contributed by atoms with Gasteiger partial charge in [-0.15, -0.1) is 0 Å². The number of hydrogen-bond donors (Lipinski definition) is 1. The number of alkyl halides is 3. The van der Waals surface area contributed by atoms with E-state index in [2.05, 4.69) is 27.0 Å². The third-order valence-electron chi connectivity index (χ3n) is 7.80. The fourth-order valence-corrected chi connectivity index (χ4v) is 5.78. The summed E-state index contributed by atoms with van der Waals surface area (Å²) in [5, 5.41) is 0. The highest BCUT2D eigenvalue weighted by Crippen LogP contribution is 2.35. The number of nitrogens with zero attached hydrogens (tertiary/aromatic N) is 3. The van der Waals surface area contributed by atoms with E-state index in [1.165, 1.54) is 37.8 Å². The van der Waals surface area contributed by atoms with Gasteiger partial charge >= 0.3 is 6.18 Å². The second-order valence-electron chi connectivity index (χ2n) is 10.4. The number of carbonyl (C=O) groups excluding carboxylic acids is 1. The van der Waals surface area contributed by atoms with Gasteiger partial charge in [-0.1, -0.05) is 56.0 Å². The number of benzene rings is 2. The fraction of sp³-hybridized carbons (Fsp3) is 0.448. The Balaban J connectivity index is 1.39. The minimum Gasteiger partial charge on any atom is -0.361 e. The lowest BCUT2D eigenvalue weighted by Gasteiger charge is -2.34. The maximum atomic E-state index is 13.5. The van der Waals surface area contributed by atoms with Gasteiger partial charge in [0, 0.05) is 31.0 Å². The number of aromatic amines is 1. The van der Waals surface area contributed by atoms with Crippen LogP contribution in [0.3, 0.4) is 0 Å². The number of hydrogen-bond acceptors (Lipinski definition) is 3. The SMILES string of the molecule is O=C(Cc1ccc(C(F)(F)F)cc1)N1Cc2ccccc2N(Cc2cnc[nH]2)C(CCC2CCCC2)C1. The first-order valence-electron chi connectivity index (χ1n) is 13.1. The van der Waals surface area contributed by atoms with Crippen molar-refractivity contribution in [1.82, 2.24) is 14.9 Å². The van der Waals surface area contributed by atoms with Crippen molar-refractivity contribution < 1.29 is 18.0 Å². The van der Waals surface area contributed by atoms with Gasteiger partial charge < -0.3 is 14.8 Å². The van der Waals surface area contributed by atoms with Crippen LogP contribution < -0.4 is 4.90 Å². The van der Waals surface area contributed by atoms with Crippen LogP contribution in [0.1, 0.15) is 60.9 Å². The van der Waals surface area contributed by atoms with Gasteiger partial charge in [-0.2, -0.15) is 13.2 Å². The Morgan fingerprint density at radius 1 is 1.03 bits per heavy atom. The minimum absolute atomic E-state index is 0.0659. The molecule has 1 atom stereocenters. The van der Waals surface area contributed by atoms with E-state index >= 15 is 0 Å². The summed E-state index contributed by atoms with van der Waals surface area (Å²) in [5.41, 5.74) is 3.11. The molecule has 5 rings (SSSR count). The zero-order chi connectivity index (χ0) is 25.8. The molecule has 1 saturated carbocycles. The van der Waals surface area contributed by atoms with Crippen LogP contribution in [-0.2, 0) is 30.5 Å². The molecule has 1 fully saturated rings. The number of H-pyrrole nitrogens is 1. The van der Waals surface area contributed by atoms with Gasteiger partial charge in [0.25, 0.3) is 0 Å². The molecule has 2 aromatic carbocycles. The first-order chi connectivity index (χ1) is 17.9. The summed E-state index contributed by atoms with van der Waals surface area (Å²) in [5.74, 6) is 0.674. The van der Waals surface area contributed by atoms with E-state index in [0.29, 0.717) is 25.2 Å². The van der Waals surface area contributed by atoms with Crippen molar-refractivity contribution in [2.45, 2.75) is 70.3 Å². The Morgan fingerprint density at radius 2 is 1.78 bits per heavy atom. The van der Waals surface area contributed by atoms with Crippen LogP contribution in [0.15, 0.2) is 61.1 Å². The van der Waals surface area contributed by atoms with Gasteiger partial charge in [-0.3, -0.25) is 4.79 Å². The Bertz CT molecular complexity index is 1170. The molecule has 1 aliphatic carbocycles. The molecule has 8 heteroatoms. The highest BCUT2D eigenvalue weighted by molar-refractivity contribution is 5.79. The number of imidazole rings is 1. The molecule has 1 unspecified atom stereocenters. The molecule has 2 aliphatic rings. The van der Waals surface area contributed by atoms with Gasteiger partial charge in [-0.25, -0.2) is 4.98 Å². The van der Waals surface area contributed by atoms with Gasteiger partial charge in [0.1, 0.15) is 0 Å². The van der Waals surface area contributed by atoms with E-state index in [1.54, 1.807) is 6.33 Å². The number of carbonyl (C=O) groups is 1. The number of para-hydroxylation sites is 1. The predicted octanol–water partition coefficient (Wildman–Crippen LogP) is 6.36. The summed E-state index contributed by atoms with van der Waals surface area (Å²) >= 11 is 0. The average Bonchev–Trinajstić information content (AvgIpc) is 3.57. The molecule has 2 heterocycles. The zero-order valence-electron chi connectivity index (χ0n) is 20.9. The van der Waals surface area contributed by atoms with Gasteiger partial charge in [0.2, 0.25) is 5.91 Å². The van der Waals surface area contributed by atoms with Crippen LogP contribution in [0.25, 0.3) is 0 Å². The summed E-state index contributed by atoms with van der Waals surface area (Å²) in [6.45, 7) is 1.73. The second-order valence-corrected chi connectivity index (χ2v) is 10.4. The largest absolute Gasteiger partial charge is 0.416 e. The third kappa shape index (κ3) is 6.17. The topological polar surface area (TPSA) is 52.2 Å². The minimum atomic E-state index is -4.39. The Morgan fingerprint density at radius 3 is 2.49 bits per heavy atom. The number of fused-ring (bicyclic) bond motifs is 1. The Kier molecular flexibility index (Phi) is 7.53. The molecule has 1 amide bonds. The van der Waals surface area contributed by atoms with E-state index in [4.69, 9.17) is 0 Å². The lowest BCUT2D eigenvalue weighted by atomic mass is 9.97. The van der Waals surface area contributed by atoms with Crippen molar-refractivity contribution >= 4 is 11.6 Å². The van der Waals surface area contributed by atoms with Crippen molar-refractivity contribution in [3.05, 3.63) is 83.4 Å². The molecule has 0 radical (unpaired) electrons. The molecule has 3 aromatic rings. The Hall–Kier alpha value is -3.29. The Labute approximate surface area is 215 Å². The monoisotopic (exact) mass is 510 g/mol. The second kappa shape index (κ2) is 11.0. The highest BCUT2D eigenvalue weighted by atomic mass is 19.4.